The fourth-order valence-corrected chi connectivity index (χ4v) is 2.80. The van der Waals surface area contributed by atoms with Crippen LogP contribution >= 0.6 is 11.6 Å². The third-order valence-electron chi connectivity index (χ3n) is 2.67. The average molecular weight is 319 g/mol. The summed E-state index contributed by atoms with van der Waals surface area (Å²) in [7, 11) is -3.86. The molecular formula is C15H11ClN2O2S. The SMILES string of the molecule is N#C/C(=C/Nc1ccccc1)S(=O)(=O)c1ccc(Cl)cc1. The number of nitrogens with one attached hydrogen (secondary N) is 1. The van der Waals surface area contributed by atoms with E-state index in [0.29, 0.717) is 10.7 Å². The summed E-state index contributed by atoms with van der Waals surface area (Å²) in [6, 6.07) is 16.3. The first kappa shape index (κ1) is 15.1. The van der Waals surface area contributed by atoms with Gasteiger partial charge in [0.25, 0.3) is 0 Å². The van der Waals surface area contributed by atoms with Crippen LogP contribution in [0.2, 0.25) is 5.02 Å². The fraction of sp³-hybridized carbons (Fsp3) is 0. The van der Waals surface area contributed by atoms with E-state index in [1.165, 1.54) is 30.5 Å². The van der Waals surface area contributed by atoms with Crippen LogP contribution in [-0.2, 0) is 9.84 Å². The molecule has 0 spiro atoms. The number of allylic oxidation sites excluding steroid dienone is 1. The van der Waals surface area contributed by atoms with E-state index in [-0.39, 0.29) is 9.80 Å². The molecule has 0 atom stereocenters. The first-order valence-corrected chi connectivity index (χ1v) is 7.82. The Morgan fingerprint density at radius 2 is 1.71 bits per heavy atom. The van der Waals surface area contributed by atoms with Gasteiger partial charge in [-0.15, -0.1) is 0 Å². The van der Waals surface area contributed by atoms with Crippen LogP contribution in [0.4, 0.5) is 5.69 Å². The number of rotatable bonds is 4. The number of anilines is 1. The van der Waals surface area contributed by atoms with Gasteiger partial charge in [0, 0.05) is 16.9 Å². The highest BCUT2D eigenvalue weighted by Crippen LogP contribution is 2.21. The molecule has 2 aromatic carbocycles. The normalized spacial score (nSPS) is 11.7. The van der Waals surface area contributed by atoms with Gasteiger partial charge >= 0.3 is 0 Å². The highest BCUT2D eigenvalue weighted by molar-refractivity contribution is 7.95. The van der Waals surface area contributed by atoms with Crippen LogP contribution in [0.15, 0.2) is 70.6 Å². The summed E-state index contributed by atoms with van der Waals surface area (Å²) < 4.78 is 24.6. The smallest absolute Gasteiger partial charge is 0.218 e. The van der Waals surface area contributed by atoms with E-state index in [1.807, 2.05) is 6.07 Å². The third kappa shape index (κ3) is 3.63. The predicted octanol–water partition coefficient (Wildman–Crippen LogP) is 3.59. The summed E-state index contributed by atoms with van der Waals surface area (Å²) >= 11 is 5.73. The average Bonchev–Trinajstić information content (AvgIpc) is 2.49. The highest BCUT2D eigenvalue weighted by Gasteiger charge is 2.20. The summed E-state index contributed by atoms with van der Waals surface area (Å²) in [5, 5.41) is 12.3. The Morgan fingerprint density at radius 1 is 1.10 bits per heavy atom. The molecule has 0 aliphatic heterocycles. The standard InChI is InChI=1S/C15H11ClN2O2S/c16-12-6-8-14(9-7-12)21(19,20)15(10-17)11-18-13-4-2-1-3-5-13/h1-9,11,18H/b15-11-. The first-order chi connectivity index (χ1) is 10.0. The quantitative estimate of drug-likeness (QED) is 0.875. The van der Waals surface area contributed by atoms with Crippen LogP contribution in [-0.4, -0.2) is 8.42 Å². The van der Waals surface area contributed by atoms with Gasteiger partial charge in [-0.05, 0) is 36.4 Å². The second kappa shape index (κ2) is 6.44. The van der Waals surface area contributed by atoms with Gasteiger partial charge in [-0.2, -0.15) is 5.26 Å². The van der Waals surface area contributed by atoms with Gasteiger partial charge in [0.05, 0.1) is 4.90 Å². The van der Waals surface area contributed by atoms with Crippen LogP contribution in [0.3, 0.4) is 0 Å². The summed E-state index contributed by atoms with van der Waals surface area (Å²) in [6.07, 6.45) is 1.18. The highest BCUT2D eigenvalue weighted by atomic mass is 35.5. The Labute approximate surface area is 128 Å². The topological polar surface area (TPSA) is 70.0 Å². The summed E-state index contributed by atoms with van der Waals surface area (Å²) in [5.41, 5.74) is 0.691. The van der Waals surface area contributed by atoms with Crippen molar-refractivity contribution in [2.75, 3.05) is 5.32 Å². The van der Waals surface area contributed by atoms with E-state index in [4.69, 9.17) is 16.9 Å². The summed E-state index contributed by atoms with van der Waals surface area (Å²) in [6.45, 7) is 0. The van der Waals surface area contributed by atoms with Gasteiger partial charge in [-0.25, -0.2) is 8.42 Å². The molecule has 2 rings (SSSR count). The van der Waals surface area contributed by atoms with Crippen molar-refractivity contribution in [1.82, 2.24) is 0 Å². The largest absolute Gasteiger partial charge is 0.360 e. The van der Waals surface area contributed by atoms with Gasteiger partial charge in [0.1, 0.15) is 6.07 Å². The van der Waals surface area contributed by atoms with Gasteiger partial charge in [-0.3, -0.25) is 0 Å². The zero-order valence-electron chi connectivity index (χ0n) is 10.8. The minimum Gasteiger partial charge on any atom is -0.360 e. The Morgan fingerprint density at radius 3 is 2.29 bits per heavy atom. The number of halogens is 1. The molecule has 0 saturated carbocycles. The zero-order valence-corrected chi connectivity index (χ0v) is 12.4. The minimum absolute atomic E-state index is 0.0227. The molecular weight excluding hydrogens is 308 g/mol. The molecule has 6 heteroatoms. The van der Waals surface area contributed by atoms with E-state index >= 15 is 0 Å². The van der Waals surface area contributed by atoms with E-state index in [9.17, 15) is 8.42 Å². The lowest BCUT2D eigenvalue weighted by atomic mass is 10.3. The van der Waals surface area contributed by atoms with Crippen LogP contribution in [0.25, 0.3) is 0 Å². The molecule has 0 radical (unpaired) electrons. The van der Waals surface area contributed by atoms with Crippen molar-refractivity contribution in [3.63, 3.8) is 0 Å². The molecule has 4 nitrogen and oxygen atoms in total. The molecule has 2 aromatic rings. The molecule has 21 heavy (non-hydrogen) atoms. The Kier molecular flexibility index (Phi) is 4.63. The summed E-state index contributed by atoms with van der Waals surface area (Å²) in [5.74, 6) is 0. The maximum absolute atomic E-state index is 12.3. The lowest BCUT2D eigenvalue weighted by Gasteiger charge is -2.04. The Hall–Kier alpha value is -2.29. The van der Waals surface area contributed by atoms with Crippen LogP contribution in [0.1, 0.15) is 0 Å². The van der Waals surface area contributed by atoms with Crippen molar-refractivity contribution in [3.8, 4) is 6.07 Å². The summed E-state index contributed by atoms with van der Waals surface area (Å²) in [4.78, 5) is -0.344. The molecule has 0 fully saturated rings. The number of nitriles is 1. The number of hydrogen-bond donors (Lipinski definition) is 1. The maximum Gasteiger partial charge on any atom is 0.218 e. The van der Waals surface area contributed by atoms with E-state index in [1.54, 1.807) is 30.3 Å². The van der Waals surface area contributed by atoms with E-state index in [0.717, 1.165) is 0 Å². The van der Waals surface area contributed by atoms with Crippen LogP contribution < -0.4 is 5.32 Å². The molecule has 0 amide bonds. The monoisotopic (exact) mass is 318 g/mol. The molecule has 0 unspecified atom stereocenters. The van der Waals surface area contributed by atoms with Gasteiger partial charge in [-0.1, -0.05) is 29.8 Å². The van der Waals surface area contributed by atoms with Crippen molar-refractivity contribution in [2.24, 2.45) is 0 Å². The molecule has 0 saturated heterocycles. The second-order valence-electron chi connectivity index (χ2n) is 4.09. The molecule has 0 bridgehead atoms. The molecule has 0 heterocycles. The number of nitrogens with zero attached hydrogens (tertiary/aromatic N) is 1. The van der Waals surface area contributed by atoms with Crippen molar-refractivity contribution < 1.29 is 8.42 Å². The number of hydrogen-bond acceptors (Lipinski definition) is 4. The zero-order chi connectivity index (χ0) is 15.3. The van der Waals surface area contributed by atoms with Crippen molar-refractivity contribution in [3.05, 3.63) is 70.7 Å². The van der Waals surface area contributed by atoms with Crippen molar-refractivity contribution >= 4 is 27.1 Å². The Bertz CT molecular complexity index is 792. The molecule has 0 aliphatic rings. The second-order valence-corrected chi connectivity index (χ2v) is 6.44. The van der Waals surface area contributed by atoms with Crippen molar-refractivity contribution in [1.29, 1.82) is 5.26 Å². The van der Waals surface area contributed by atoms with E-state index in [2.05, 4.69) is 5.32 Å². The van der Waals surface area contributed by atoms with Gasteiger partial charge in [0.15, 0.2) is 4.91 Å². The van der Waals surface area contributed by atoms with Crippen molar-refractivity contribution in [2.45, 2.75) is 4.90 Å². The third-order valence-corrected chi connectivity index (χ3v) is 4.60. The lowest BCUT2D eigenvalue weighted by molar-refractivity contribution is 0.603. The number of sulfone groups is 1. The lowest BCUT2D eigenvalue weighted by Crippen LogP contribution is -2.05. The van der Waals surface area contributed by atoms with Crippen LogP contribution in [0.5, 0.6) is 0 Å². The Balaban J connectivity index is 2.32. The molecule has 106 valence electrons. The first-order valence-electron chi connectivity index (χ1n) is 5.96. The fourth-order valence-electron chi connectivity index (χ4n) is 1.59. The maximum atomic E-state index is 12.3. The molecule has 0 aliphatic carbocycles. The minimum atomic E-state index is -3.86. The number of para-hydroxylation sites is 1. The number of benzene rings is 2. The van der Waals surface area contributed by atoms with E-state index < -0.39 is 9.84 Å². The molecule has 0 aromatic heterocycles. The molecule has 1 N–H and O–H groups in total. The van der Waals surface area contributed by atoms with Gasteiger partial charge < -0.3 is 5.32 Å². The van der Waals surface area contributed by atoms with Gasteiger partial charge in [0.2, 0.25) is 9.84 Å². The van der Waals surface area contributed by atoms with Crippen LogP contribution in [0, 0.1) is 11.3 Å². The predicted molar refractivity (Wildman–Crippen MR) is 82.4 cm³/mol.